The second kappa shape index (κ2) is 8.68. The number of aromatic nitrogens is 4. The van der Waals surface area contributed by atoms with Crippen LogP contribution in [0.2, 0.25) is 0 Å². The fraction of sp³-hybridized carbons (Fsp3) is 0.158. The van der Waals surface area contributed by atoms with Crippen LogP contribution in [0.5, 0.6) is 0 Å². The molecule has 6 nitrogen and oxygen atoms in total. The molecule has 138 valence electrons. The van der Waals surface area contributed by atoms with Gasteiger partial charge in [0, 0.05) is 23.1 Å². The van der Waals surface area contributed by atoms with Gasteiger partial charge in [-0.05, 0) is 46.3 Å². The smallest absolute Gasteiger partial charge is 0.227 e. The van der Waals surface area contributed by atoms with Crippen molar-refractivity contribution >= 4 is 21.8 Å². The molecular weight excluding hydrogens is 413 g/mol. The van der Waals surface area contributed by atoms with E-state index in [2.05, 4.69) is 38.0 Å². The number of rotatable bonds is 7. The van der Waals surface area contributed by atoms with Gasteiger partial charge < -0.3 is 4.90 Å². The van der Waals surface area contributed by atoms with E-state index in [1.807, 2.05) is 24.3 Å². The van der Waals surface area contributed by atoms with Crippen LogP contribution in [0.25, 0.3) is 5.69 Å². The van der Waals surface area contributed by atoms with E-state index in [1.54, 1.807) is 23.1 Å². The summed E-state index contributed by atoms with van der Waals surface area (Å²) >= 11 is 3.33. The fourth-order valence-corrected chi connectivity index (χ4v) is 3.02. The van der Waals surface area contributed by atoms with Gasteiger partial charge >= 0.3 is 0 Å². The molecular formula is C19H17BrFN5O. The summed E-state index contributed by atoms with van der Waals surface area (Å²) < 4.78 is 16.3. The molecule has 3 aromatic rings. The molecule has 0 aliphatic heterocycles. The fourth-order valence-electron chi connectivity index (χ4n) is 2.61. The zero-order chi connectivity index (χ0) is 19.2. The lowest BCUT2D eigenvalue weighted by Gasteiger charge is -2.22. The monoisotopic (exact) mass is 429 g/mol. The van der Waals surface area contributed by atoms with Gasteiger partial charge in [-0.15, -0.1) is 11.7 Å². The number of tetrazole rings is 1. The van der Waals surface area contributed by atoms with Crippen LogP contribution in [0, 0.1) is 5.82 Å². The van der Waals surface area contributed by atoms with Gasteiger partial charge in [0.2, 0.25) is 5.91 Å². The van der Waals surface area contributed by atoms with E-state index in [0.29, 0.717) is 12.1 Å². The van der Waals surface area contributed by atoms with Crippen LogP contribution in [0.3, 0.4) is 0 Å². The van der Waals surface area contributed by atoms with Crippen LogP contribution in [-0.4, -0.2) is 37.6 Å². The van der Waals surface area contributed by atoms with Crippen LogP contribution in [0.1, 0.15) is 11.1 Å². The first-order chi connectivity index (χ1) is 13.1. The first-order valence-electron chi connectivity index (χ1n) is 8.21. The lowest BCUT2D eigenvalue weighted by molar-refractivity contribution is -0.130. The van der Waals surface area contributed by atoms with E-state index in [0.717, 1.165) is 15.7 Å². The average Bonchev–Trinajstić information content (AvgIpc) is 3.19. The molecule has 0 N–H and O–H groups in total. The largest absolute Gasteiger partial charge is 0.334 e. The molecule has 0 aliphatic rings. The molecule has 3 rings (SSSR count). The van der Waals surface area contributed by atoms with Gasteiger partial charge in [0.15, 0.2) is 0 Å². The van der Waals surface area contributed by atoms with Gasteiger partial charge in [-0.25, -0.2) is 9.07 Å². The topological polar surface area (TPSA) is 63.9 Å². The minimum absolute atomic E-state index is 0.107. The summed E-state index contributed by atoms with van der Waals surface area (Å²) in [6.07, 6.45) is 3.34. The first kappa shape index (κ1) is 18.9. The molecule has 0 atom stereocenters. The highest BCUT2D eigenvalue weighted by atomic mass is 79.9. The molecule has 0 saturated carbocycles. The maximum atomic E-state index is 14.0. The van der Waals surface area contributed by atoms with E-state index >= 15 is 0 Å². The summed E-state index contributed by atoms with van der Waals surface area (Å²) in [7, 11) is 0. The van der Waals surface area contributed by atoms with E-state index < -0.39 is 0 Å². The van der Waals surface area contributed by atoms with Crippen LogP contribution < -0.4 is 0 Å². The molecule has 0 radical (unpaired) electrons. The lowest BCUT2D eigenvalue weighted by atomic mass is 10.1. The number of halogens is 2. The maximum absolute atomic E-state index is 14.0. The third kappa shape index (κ3) is 4.85. The van der Waals surface area contributed by atoms with Gasteiger partial charge in [-0.1, -0.05) is 34.1 Å². The summed E-state index contributed by atoms with van der Waals surface area (Å²) in [5, 5.41) is 11.0. The predicted octanol–water partition coefficient (Wildman–Crippen LogP) is 3.32. The summed E-state index contributed by atoms with van der Waals surface area (Å²) in [4.78, 5) is 14.3. The van der Waals surface area contributed by atoms with Crippen LogP contribution >= 0.6 is 15.9 Å². The molecule has 0 unspecified atom stereocenters. The van der Waals surface area contributed by atoms with E-state index in [-0.39, 0.29) is 24.7 Å². The Balaban J connectivity index is 1.71. The van der Waals surface area contributed by atoms with Crippen molar-refractivity contribution in [1.82, 2.24) is 25.1 Å². The zero-order valence-electron chi connectivity index (χ0n) is 14.4. The second-order valence-corrected chi connectivity index (χ2v) is 6.81. The van der Waals surface area contributed by atoms with Gasteiger partial charge in [0.05, 0.1) is 12.1 Å². The summed E-state index contributed by atoms with van der Waals surface area (Å²) in [6.45, 7) is 4.21. The lowest BCUT2D eigenvalue weighted by Crippen LogP contribution is -2.32. The predicted molar refractivity (Wildman–Crippen MR) is 103 cm³/mol. The maximum Gasteiger partial charge on any atom is 0.227 e. The van der Waals surface area contributed by atoms with E-state index in [9.17, 15) is 9.18 Å². The van der Waals surface area contributed by atoms with Crippen LogP contribution in [0.4, 0.5) is 4.39 Å². The number of hydrogen-bond donors (Lipinski definition) is 0. The molecule has 1 aromatic heterocycles. The summed E-state index contributed by atoms with van der Waals surface area (Å²) in [5.74, 6) is -0.449. The number of hydrogen-bond acceptors (Lipinski definition) is 4. The summed E-state index contributed by atoms with van der Waals surface area (Å²) in [6, 6.07) is 12.1. The SMILES string of the molecule is C=CCN(Cc1cc(Br)ccc1F)C(=O)Cc1ccc(-n2cnnn2)cc1. The van der Waals surface area contributed by atoms with Crippen molar-refractivity contribution in [2.45, 2.75) is 13.0 Å². The van der Waals surface area contributed by atoms with E-state index in [4.69, 9.17) is 0 Å². The first-order valence-corrected chi connectivity index (χ1v) is 9.01. The molecule has 2 aromatic carbocycles. The quantitative estimate of drug-likeness (QED) is 0.540. The molecule has 0 fully saturated rings. The molecule has 8 heteroatoms. The van der Waals surface area contributed by atoms with Crippen molar-refractivity contribution in [1.29, 1.82) is 0 Å². The van der Waals surface area contributed by atoms with Crippen LogP contribution in [0.15, 0.2) is 65.9 Å². The van der Waals surface area contributed by atoms with Crippen molar-refractivity contribution in [2.75, 3.05) is 6.54 Å². The van der Waals surface area contributed by atoms with Crippen LogP contribution in [-0.2, 0) is 17.8 Å². The number of nitrogens with zero attached hydrogens (tertiary/aromatic N) is 5. The Labute approximate surface area is 164 Å². The molecule has 0 bridgehead atoms. The molecule has 27 heavy (non-hydrogen) atoms. The third-order valence-corrected chi connectivity index (χ3v) is 4.47. The highest BCUT2D eigenvalue weighted by molar-refractivity contribution is 9.10. The number of carbonyl (C=O) groups excluding carboxylic acids is 1. The Morgan fingerprint density at radius 1 is 1.26 bits per heavy atom. The zero-order valence-corrected chi connectivity index (χ0v) is 16.0. The second-order valence-electron chi connectivity index (χ2n) is 5.90. The van der Waals surface area contributed by atoms with E-state index in [1.165, 1.54) is 17.1 Å². The highest BCUT2D eigenvalue weighted by Gasteiger charge is 2.16. The Morgan fingerprint density at radius 3 is 2.70 bits per heavy atom. The highest BCUT2D eigenvalue weighted by Crippen LogP contribution is 2.18. The third-order valence-electron chi connectivity index (χ3n) is 3.98. The van der Waals surface area contributed by atoms with Crippen molar-refractivity contribution in [2.24, 2.45) is 0 Å². The Hall–Kier alpha value is -2.87. The standard InChI is InChI=1S/C19H17BrFN5O/c1-2-9-25(12-15-11-16(20)5-8-18(15)21)19(27)10-14-3-6-17(7-4-14)26-13-22-23-24-26/h2-8,11,13H,1,9-10,12H2. The minimum atomic E-state index is -0.342. The average molecular weight is 430 g/mol. The Bertz CT molecular complexity index is 928. The Morgan fingerprint density at radius 2 is 2.04 bits per heavy atom. The number of carbonyl (C=O) groups is 1. The van der Waals surface area contributed by atoms with Crippen molar-refractivity contribution < 1.29 is 9.18 Å². The number of amides is 1. The molecule has 0 aliphatic carbocycles. The van der Waals surface area contributed by atoms with Gasteiger partial charge in [0.25, 0.3) is 0 Å². The van der Waals surface area contributed by atoms with Gasteiger partial charge in [0.1, 0.15) is 12.1 Å². The van der Waals surface area contributed by atoms with Crippen molar-refractivity contribution in [3.05, 3.63) is 82.9 Å². The van der Waals surface area contributed by atoms with Crippen molar-refractivity contribution in [3.8, 4) is 5.69 Å². The van der Waals surface area contributed by atoms with Gasteiger partial charge in [-0.3, -0.25) is 4.79 Å². The molecule has 0 spiro atoms. The minimum Gasteiger partial charge on any atom is -0.334 e. The normalized spacial score (nSPS) is 10.6. The molecule has 1 amide bonds. The summed E-state index contributed by atoms with van der Waals surface area (Å²) in [5.41, 5.74) is 2.10. The Kier molecular flexibility index (Phi) is 6.08. The van der Waals surface area contributed by atoms with Gasteiger partial charge in [-0.2, -0.15) is 0 Å². The molecule has 1 heterocycles. The number of benzene rings is 2. The molecule has 0 saturated heterocycles. The van der Waals surface area contributed by atoms with Crippen molar-refractivity contribution in [3.63, 3.8) is 0 Å².